The summed E-state index contributed by atoms with van der Waals surface area (Å²) in [7, 11) is 0. The number of nitrogens with zero attached hydrogens (tertiary/aromatic N) is 1. The Morgan fingerprint density at radius 3 is 2.90 bits per heavy atom. The Labute approximate surface area is 122 Å². The predicted octanol–water partition coefficient (Wildman–Crippen LogP) is 2.46. The summed E-state index contributed by atoms with van der Waals surface area (Å²) in [4.78, 5) is 2.47. The molecule has 1 saturated carbocycles. The van der Waals surface area contributed by atoms with Crippen LogP contribution in [0, 0.1) is 12.8 Å². The van der Waals surface area contributed by atoms with E-state index >= 15 is 0 Å². The Morgan fingerprint density at radius 2 is 2.15 bits per heavy atom. The number of rotatable bonds is 5. The quantitative estimate of drug-likeness (QED) is 0.866. The maximum atomic E-state index is 9.41. The van der Waals surface area contributed by atoms with Gasteiger partial charge in [0.1, 0.15) is 0 Å². The lowest BCUT2D eigenvalue weighted by Crippen LogP contribution is -2.37. The maximum absolute atomic E-state index is 9.41. The first-order chi connectivity index (χ1) is 9.76. The molecule has 1 aromatic carbocycles. The lowest BCUT2D eigenvalue weighted by Gasteiger charge is -2.35. The van der Waals surface area contributed by atoms with E-state index in [4.69, 9.17) is 0 Å². The third-order valence-electron chi connectivity index (χ3n) is 4.51. The topological polar surface area (TPSA) is 35.5 Å². The predicted molar refractivity (Wildman–Crippen MR) is 83.1 cm³/mol. The molecule has 3 nitrogen and oxygen atoms in total. The number of hydrogen-bond acceptors (Lipinski definition) is 3. The van der Waals surface area contributed by atoms with Gasteiger partial charge in [-0.15, -0.1) is 0 Å². The van der Waals surface area contributed by atoms with Crippen LogP contribution < -0.4 is 10.2 Å². The lowest BCUT2D eigenvalue weighted by atomic mass is 9.97. The number of benzene rings is 1. The molecule has 2 fully saturated rings. The summed E-state index contributed by atoms with van der Waals surface area (Å²) >= 11 is 0. The molecule has 0 aromatic heterocycles. The Hall–Kier alpha value is -1.06. The van der Waals surface area contributed by atoms with Crippen molar-refractivity contribution in [2.75, 3.05) is 24.6 Å². The Bertz CT molecular complexity index is 456. The van der Waals surface area contributed by atoms with Gasteiger partial charge in [0.2, 0.25) is 0 Å². The summed E-state index contributed by atoms with van der Waals surface area (Å²) < 4.78 is 0. The van der Waals surface area contributed by atoms with Crippen molar-refractivity contribution in [3.63, 3.8) is 0 Å². The van der Waals surface area contributed by atoms with E-state index in [2.05, 4.69) is 35.3 Å². The maximum Gasteiger partial charge on any atom is 0.0476 e. The van der Waals surface area contributed by atoms with Crippen LogP contribution in [0.15, 0.2) is 18.2 Å². The second-order valence-electron chi connectivity index (χ2n) is 6.42. The van der Waals surface area contributed by atoms with Crippen molar-refractivity contribution in [2.24, 2.45) is 5.92 Å². The van der Waals surface area contributed by atoms with Crippen LogP contribution in [0.2, 0.25) is 0 Å². The van der Waals surface area contributed by atoms with E-state index < -0.39 is 0 Å². The van der Waals surface area contributed by atoms with Gasteiger partial charge in [-0.1, -0.05) is 17.7 Å². The van der Waals surface area contributed by atoms with Crippen LogP contribution in [-0.4, -0.2) is 30.8 Å². The molecule has 3 rings (SSSR count). The van der Waals surface area contributed by atoms with Crippen molar-refractivity contribution < 1.29 is 5.11 Å². The van der Waals surface area contributed by atoms with Gasteiger partial charge in [0.25, 0.3) is 0 Å². The summed E-state index contributed by atoms with van der Waals surface area (Å²) in [6, 6.07) is 7.53. The molecule has 1 atom stereocenters. The molecule has 1 unspecified atom stereocenters. The molecule has 2 N–H and O–H groups in total. The van der Waals surface area contributed by atoms with Gasteiger partial charge >= 0.3 is 0 Å². The number of piperidine rings is 1. The first-order valence-electron chi connectivity index (χ1n) is 7.95. The first kappa shape index (κ1) is 13.9. The van der Waals surface area contributed by atoms with Gasteiger partial charge in [0.05, 0.1) is 0 Å². The van der Waals surface area contributed by atoms with Gasteiger partial charge in [-0.3, -0.25) is 0 Å². The molecule has 1 heterocycles. The highest BCUT2D eigenvalue weighted by Crippen LogP contribution is 2.28. The normalized spacial score (nSPS) is 23.1. The fraction of sp³-hybridized carbons (Fsp3) is 0.647. The summed E-state index contributed by atoms with van der Waals surface area (Å²) in [6.45, 7) is 5.57. The van der Waals surface area contributed by atoms with Crippen LogP contribution in [0.1, 0.15) is 36.8 Å². The third-order valence-corrected chi connectivity index (χ3v) is 4.51. The molecule has 3 heteroatoms. The number of anilines is 1. The molecule has 1 aromatic rings. The van der Waals surface area contributed by atoms with Crippen molar-refractivity contribution >= 4 is 5.69 Å². The summed E-state index contributed by atoms with van der Waals surface area (Å²) in [5.41, 5.74) is 4.11. The Kier molecular flexibility index (Phi) is 4.27. The number of hydrogen-bond donors (Lipinski definition) is 2. The summed E-state index contributed by atoms with van der Waals surface area (Å²) in [6.07, 6.45) is 5.01. The van der Waals surface area contributed by atoms with E-state index in [0.717, 1.165) is 32.1 Å². The van der Waals surface area contributed by atoms with Gasteiger partial charge in [0.15, 0.2) is 0 Å². The summed E-state index contributed by atoms with van der Waals surface area (Å²) in [5, 5.41) is 13.0. The first-order valence-corrected chi connectivity index (χ1v) is 7.95. The largest absolute Gasteiger partial charge is 0.396 e. The van der Waals surface area contributed by atoms with Crippen molar-refractivity contribution in [3.8, 4) is 0 Å². The minimum Gasteiger partial charge on any atom is -0.396 e. The molecule has 0 bridgehead atoms. The van der Waals surface area contributed by atoms with Crippen molar-refractivity contribution in [1.82, 2.24) is 5.32 Å². The van der Waals surface area contributed by atoms with Crippen molar-refractivity contribution in [2.45, 2.75) is 45.2 Å². The van der Waals surface area contributed by atoms with Crippen molar-refractivity contribution in [3.05, 3.63) is 29.3 Å². The Balaban J connectivity index is 1.75. The van der Waals surface area contributed by atoms with Gasteiger partial charge in [0, 0.05) is 38.0 Å². The van der Waals surface area contributed by atoms with E-state index in [1.807, 2.05) is 0 Å². The van der Waals surface area contributed by atoms with Crippen LogP contribution in [0.4, 0.5) is 5.69 Å². The molecular formula is C17H26N2O. The average molecular weight is 274 g/mol. The van der Waals surface area contributed by atoms with E-state index in [1.54, 1.807) is 0 Å². The average Bonchev–Trinajstić information content (AvgIpc) is 3.29. The SMILES string of the molecule is Cc1ccc(N2CCCC(CO)C2)c(CNC2CC2)c1. The highest BCUT2D eigenvalue weighted by molar-refractivity contribution is 5.55. The second kappa shape index (κ2) is 6.15. The van der Waals surface area contributed by atoms with Gasteiger partial charge in [-0.05, 0) is 50.2 Å². The molecule has 1 aliphatic carbocycles. The third kappa shape index (κ3) is 3.33. The number of aliphatic hydroxyl groups is 1. The van der Waals surface area contributed by atoms with Crippen LogP contribution in [0.3, 0.4) is 0 Å². The minimum atomic E-state index is 0.317. The van der Waals surface area contributed by atoms with E-state index in [1.165, 1.54) is 36.1 Å². The minimum absolute atomic E-state index is 0.317. The number of aliphatic hydroxyl groups excluding tert-OH is 1. The smallest absolute Gasteiger partial charge is 0.0476 e. The standard InChI is InChI=1S/C17H26N2O/c1-13-4-7-17(15(9-13)10-18-16-5-6-16)19-8-2-3-14(11-19)12-20/h4,7,9,14,16,18,20H,2-3,5-6,8,10-12H2,1H3. The number of aryl methyl sites for hydroxylation is 1. The van der Waals surface area contributed by atoms with Crippen LogP contribution in [0.25, 0.3) is 0 Å². The van der Waals surface area contributed by atoms with E-state index in [0.29, 0.717) is 12.5 Å². The van der Waals surface area contributed by atoms with Crippen LogP contribution >= 0.6 is 0 Å². The fourth-order valence-electron chi connectivity index (χ4n) is 3.14. The molecule has 1 saturated heterocycles. The fourth-order valence-corrected chi connectivity index (χ4v) is 3.14. The van der Waals surface area contributed by atoms with Crippen LogP contribution in [0.5, 0.6) is 0 Å². The van der Waals surface area contributed by atoms with Gasteiger partial charge in [-0.25, -0.2) is 0 Å². The van der Waals surface area contributed by atoms with Crippen molar-refractivity contribution in [1.29, 1.82) is 0 Å². The van der Waals surface area contributed by atoms with E-state index in [9.17, 15) is 5.11 Å². The monoisotopic (exact) mass is 274 g/mol. The zero-order valence-electron chi connectivity index (χ0n) is 12.4. The molecule has 20 heavy (non-hydrogen) atoms. The zero-order chi connectivity index (χ0) is 13.9. The number of nitrogens with one attached hydrogen (secondary N) is 1. The molecule has 0 radical (unpaired) electrons. The van der Waals surface area contributed by atoms with Gasteiger partial charge < -0.3 is 15.3 Å². The van der Waals surface area contributed by atoms with Gasteiger partial charge in [-0.2, -0.15) is 0 Å². The zero-order valence-corrected chi connectivity index (χ0v) is 12.4. The molecule has 0 spiro atoms. The van der Waals surface area contributed by atoms with E-state index in [-0.39, 0.29) is 0 Å². The Morgan fingerprint density at radius 1 is 1.30 bits per heavy atom. The van der Waals surface area contributed by atoms with Crippen LogP contribution in [-0.2, 0) is 6.54 Å². The summed E-state index contributed by atoms with van der Waals surface area (Å²) in [5.74, 6) is 0.439. The molecule has 0 amide bonds. The highest BCUT2D eigenvalue weighted by Gasteiger charge is 2.23. The molecular weight excluding hydrogens is 248 g/mol. The lowest BCUT2D eigenvalue weighted by molar-refractivity contribution is 0.208. The highest BCUT2D eigenvalue weighted by atomic mass is 16.3. The molecule has 110 valence electrons. The molecule has 2 aliphatic rings. The molecule has 1 aliphatic heterocycles. The second-order valence-corrected chi connectivity index (χ2v) is 6.42.